The van der Waals surface area contributed by atoms with Gasteiger partial charge in [-0.15, -0.1) is 0 Å². The number of anilines is 1. The molecule has 0 atom stereocenters. The smallest absolute Gasteiger partial charge is 0.196 e. The lowest BCUT2D eigenvalue weighted by Crippen LogP contribution is -2.48. The normalized spacial score (nSPS) is 19.5. The molecule has 8 heteroatoms. The number of hydrogen-bond acceptors (Lipinski definition) is 6. The molecule has 29 heavy (non-hydrogen) atoms. The van der Waals surface area contributed by atoms with E-state index < -0.39 is 9.84 Å². The zero-order valence-electron chi connectivity index (χ0n) is 17.0. The van der Waals surface area contributed by atoms with Crippen molar-refractivity contribution in [2.75, 3.05) is 50.4 Å². The van der Waals surface area contributed by atoms with E-state index in [1.54, 1.807) is 7.05 Å². The largest absolute Gasteiger partial charge is 0.369 e. The minimum absolute atomic E-state index is 0.0779. The molecule has 0 N–H and O–H groups in total. The molecule has 0 amide bonds. The van der Waals surface area contributed by atoms with Gasteiger partial charge in [-0.2, -0.15) is 0 Å². The van der Waals surface area contributed by atoms with E-state index in [-0.39, 0.29) is 10.8 Å². The number of halogens is 1. The number of benzene rings is 1. The second-order valence-corrected chi connectivity index (χ2v) is 9.90. The first-order valence-corrected chi connectivity index (χ1v) is 12.1. The monoisotopic (exact) mass is 436 g/mol. The van der Waals surface area contributed by atoms with Crippen LogP contribution < -0.4 is 4.90 Å². The van der Waals surface area contributed by atoms with Crippen molar-refractivity contribution in [1.82, 2.24) is 4.90 Å². The van der Waals surface area contributed by atoms with Gasteiger partial charge >= 0.3 is 0 Å². The molecule has 1 aliphatic carbocycles. The molecule has 158 valence electrons. The maximum atomic E-state index is 13.0. The van der Waals surface area contributed by atoms with Crippen LogP contribution in [0.5, 0.6) is 0 Å². The first-order valence-electron chi connectivity index (χ1n) is 10.1. The minimum Gasteiger partial charge on any atom is -0.369 e. The highest BCUT2D eigenvalue weighted by Gasteiger charge is 2.28. The zero-order chi connectivity index (χ0) is 20.9. The molecular formula is C21H29ClN4O2S. The minimum atomic E-state index is -3.45. The summed E-state index contributed by atoms with van der Waals surface area (Å²) in [7, 11) is -1.89. The molecule has 1 fully saturated rings. The molecule has 2 aliphatic rings. The topological polar surface area (TPSA) is 65.3 Å². The molecule has 1 aliphatic heterocycles. The summed E-state index contributed by atoms with van der Waals surface area (Å²) >= 11 is 5.96. The third-order valence-corrected chi connectivity index (χ3v) is 7.62. The van der Waals surface area contributed by atoms with Gasteiger partial charge < -0.3 is 4.90 Å². The molecule has 0 aromatic heterocycles. The lowest BCUT2D eigenvalue weighted by Gasteiger charge is -2.36. The highest BCUT2D eigenvalue weighted by atomic mass is 35.5. The second kappa shape index (κ2) is 9.87. The quantitative estimate of drug-likeness (QED) is 0.506. The van der Waals surface area contributed by atoms with Crippen LogP contribution in [0.15, 0.2) is 45.5 Å². The standard InChI is InChI=1S/C21H29ClN4O2S/c1-23-20-6-4-3-5-19(20)21(24-2)29(27,28)16-15-25-11-13-26(14-12-25)18-9-7-17(22)8-10-18/h7-10H,1,3-6,11-16H2,2H3. The number of allylic oxidation sites excluding steroid dienone is 1. The van der Waals surface area contributed by atoms with E-state index in [4.69, 9.17) is 11.6 Å². The molecule has 1 aromatic rings. The van der Waals surface area contributed by atoms with Gasteiger partial charge in [-0.3, -0.25) is 14.9 Å². The summed E-state index contributed by atoms with van der Waals surface area (Å²) in [5.41, 5.74) is 2.70. The Morgan fingerprint density at radius 1 is 1.10 bits per heavy atom. The second-order valence-electron chi connectivity index (χ2n) is 7.44. The summed E-state index contributed by atoms with van der Waals surface area (Å²) in [6, 6.07) is 7.84. The number of rotatable bonds is 6. The predicted octanol–water partition coefficient (Wildman–Crippen LogP) is 3.43. The maximum Gasteiger partial charge on any atom is 0.196 e. The zero-order valence-corrected chi connectivity index (χ0v) is 18.6. The molecule has 1 saturated heterocycles. The van der Waals surface area contributed by atoms with Crippen LogP contribution in [0.3, 0.4) is 0 Å². The highest BCUT2D eigenvalue weighted by Crippen LogP contribution is 2.28. The van der Waals surface area contributed by atoms with Crippen LogP contribution in [-0.4, -0.2) is 70.6 Å². The van der Waals surface area contributed by atoms with Gasteiger partial charge in [0, 0.05) is 61.8 Å². The van der Waals surface area contributed by atoms with Crippen LogP contribution in [0.25, 0.3) is 0 Å². The van der Waals surface area contributed by atoms with E-state index in [9.17, 15) is 8.42 Å². The highest BCUT2D eigenvalue weighted by molar-refractivity contribution is 8.06. The lowest BCUT2D eigenvalue weighted by atomic mass is 9.97. The molecule has 0 unspecified atom stereocenters. The fourth-order valence-corrected chi connectivity index (χ4v) is 5.67. The maximum absolute atomic E-state index is 13.0. The van der Waals surface area contributed by atoms with Gasteiger partial charge in [-0.25, -0.2) is 8.42 Å². The molecule has 1 heterocycles. The summed E-state index contributed by atoms with van der Waals surface area (Å²) in [6.07, 6.45) is 3.47. The van der Waals surface area contributed by atoms with E-state index >= 15 is 0 Å². The Balaban J connectivity index is 1.58. The van der Waals surface area contributed by atoms with Gasteiger partial charge in [-0.1, -0.05) is 11.6 Å². The van der Waals surface area contributed by atoms with E-state index in [2.05, 4.69) is 26.5 Å². The summed E-state index contributed by atoms with van der Waals surface area (Å²) in [4.78, 5) is 12.7. The summed E-state index contributed by atoms with van der Waals surface area (Å²) in [6.45, 7) is 7.52. The Kier molecular flexibility index (Phi) is 7.49. The Hall–Kier alpha value is -1.70. The van der Waals surface area contributed by atoms with Crippen molar-refractivity contribution in [3.63, 3.8) is 0 Å². The molecule has 0 radical (unpaired) electrons. The fraction of sp³-hybridized carbons (Fsp3) is 0.524. The number of hydrogen-bond donors (Lipinski definition) is 0. The number of sulfone groups is 1. The van der Waals surface area contributed by atoms with Gasteiger partial charge in [0.15, 0.2) is 14.9 Å². The Morgan fingerprint density at radius 3 is 2.38 bits per heavy atom. The Morgan fingerprint density at radius 2 is 1.76 bits per heavy atom. The molecule has 3 rings (SSSR count). The van der Waals surface area contributed by atoms with Crippen molar-refractivity contribution >= 4 is 38.9 Å². The van der Waals surface area contributed by atoms with Crippen LogP contribution in [0.4, 0.5) is 5.69 Å². The Bertz CT molecular complexity index is 886. The summed E-state index contributed by atoms with van der Waals surface area (Å²) < 4.78 is 26.0. The molecular weight excluding hydrogens is 408 g/mol. The summed E-state index contributed by atoms with van der Waals surface area (Å²) in [5.74, 6) is 0.0779. The van der Waals surface area contributed by atoms with E-state index in [1.165, 1.54) is 0 Å². The lowest BCUT2D eigenvalue weighted by molar-refractivity contribution is 0.272. The van der Waals surface area contributed by atoms with Gasteiger partial charge in [0.25, 0.3) is 0 Å². The van der Waals surface area contributed by atoms with Crippen molar-refractivity contribution in [3.8, 4) is 0 Å². The first-order chi connectivity index (χ1) is 13.9. The van der Waals surface area contributed by atoms with E-state index in [0.29, 0.717) is 13.0 Å². The Labute approximate surface area is 178 Å². The molecule has 0 spiro atoms. The molecule has 1 aromatic carbocycles. The first kappa shape index (κ1) is 22.0. The van der Waals surface area contributed by atoms with Crippen molar-refractivity contribution in [2.24, 2.45) is 9.98 Å². The van der Waals surface area contributed by atoms with Gasteiger partial charge in [-0.05, 0) is 56.7 Å². The van der Waals surface area contributed by atoms with Crippen LogP contribution in [-0.2, 0) is 9.84 Å². The van der Waals surface area contributed by atoms with Gasteiger partial charge in [0.1, 0.15) is 0 Å². The third kappa shape index (κ3) is 5.47. The van der Waals surface area contributed by atoms with Gasteiger partial charge in [0.2, 0.25) is 0 Å². The average molecular weight is 437 g/mol. The van der Waals surface area contributed by atoms with Crippen molar-refractivity contribution in [3.05, 3.63) is 40.6 Å². The average Bonchev–Trinajstić information content (AvgIpc) is 2.74. The van der Waals surface area contributed by atoms with Crippen LogP contribution in [0, 0.1) is 0 Å². The van der Waals surface area contributed by atoms with E-state index in [1.807, 2.05) is 24.3 Å². The molecule has 0 saturated carbocycles. The predicted molar refractivity (Wildman–Crippen MR) is 122 cm³/mol. The SMILES string of the molecule is C=NC1=C(C(=NC)S(=O)(=O)CCN2CCN(c3ccc(Cl)cc3)CC2)CCCC1. The fourth-order valence-electron chi connectivity index (χ4n) is 3.98. The number of aliphatic imine (C=N–C) groups is 2. The third-order valence-electron chi connectivity index (χ3n) is 5.63. The number of nitrogens with zero attached hydrogens (tertiary/aromatic N) is 4. The van der Waals surface area contributed by atoms with Crippen molar-refractivity contribution in [2.45, 2.75) is 25.7 Å². The molecule has 0 bridgehead atoms. The molecule has 6 nitrogen and oxygen atoms in total. The van der Waals surface area contributed by atoms with Crippen LogP contribution >= 0.6 is 11.6 Å². The van der Waals surface area contributed by atoms with Crippen LogP contribution in [0.1, 0.15) is 25.7 Å². The van der Waals surface area contributed by atoms with Crippen LogP contribution in [0.2, 0.25) is 5.02 Å². The van der Waals surface area contributed by atoms with Gasteiger partial charge in [0.05, 0.1) is 5.75 Å². The number of piperazine rings is 1. The van der Waals surface area contributed by atoms with Crippen molar-refractivity contribution < 1.29 is 8.42 Å². The van der Waals surface area contributed by atoms with Crippen molar-refractivity contribution in [1.29, 1.82) is 0 Å². The summed E-state index contributed by atoms with van der Waals surface area (Å²) in [5, 5.41) is 0.938. The van der Waals surface area contributed by atoms with E-state index in [0.717, 1.165) is 67.4 Å².